The van der Waals surface area contributed by atoms with E-state index in [0.29, 0.717) is 18.6 Å². The Morgan fingerprint density at radius 3 is 2.88 bits per heavy atom. The van der Waals surface area contributed by atoms with E-state index in [4.69, 9.17) is 9.47 Å². The number of amides is 1. The van der Waals surface area contributed by atoms with Crippen molar-refractivity contribution in [3.63, 3.8) is 0 Å². The molecule has 0 saturated heterocycles. The first-order valence-electron chi connectivity index (χ1n) is 7.74. The van der Waals surface area contributed by atoms with Gasteiger partial charge >= 0.3 is 0 Å². The number of fused-ring (bicyclic) bond motifs is 1. The van der Waals surface area contributed by atoms with Gasteiger partial charge < -0.3 is 14.8 Å². The van der Waals surface area contributed by atoms with Gasteiger partial charge in [0.2, 0.25) is 11.7 Å². The Morgan fingerprint density at radius 2 is 2.12 bits per heavy atom. The molecule has 1 amide bonds. The number of nitrogens with one attached hydrogen (secondary N) is 1. The summed E-state index contributed by atoms with van der Waals surface area (Å²) in [6, 6.07) is 12.5. The SMILES string of the molecule is C=CC(=O)NC1CCOc2c1ccc(OCc1ccccc1)c2F. The van der Waals surface area contributed by atoms with Crippen molar-refractivity contribution in [3.05, 3.63) is 72.1 Å². The van der Waals surface area contributed by atoms with Crippen LogP contribution < -0.4 is 14.8 Å². The quantitative estimate of drug-likeness (QED) is 0.855. The van der Waals surface area contributed by atoms with Gasteiger partial charge in [0, 0.05) is 12.0 Å². The fraction of sp³-hybridized carbons (Fsp3) is 0.211. The van der Waals surface area contributed by atoms with Crippen molar-refractivity contribution in [2.24, 2.45) is 0 Å². The Morgan fingerprint density at radius 1 is 1.33 bits per heavy atom. The average Bonchev–Trinajstić information content (AvgIpc) is 2.62. The van der Waals surface area contributed by atoms with Gasteiger partial charge in [-0.3, -0.25) is 4.79 Å². The molecular formula is C19H18FNO3. The van der Waals surface area contributed by atoms with Crippen LogP contribution in [-0.4, -0.2) is 12.5 Å². The van der Waals surface area contributed by atoms with Gasteiger partial charge in [-0.25, -0.2) is 0 Å². The second-order valence-electron chi connectivity index (χ2n) is 5.47. The summed E-state index contributed by atoms with van der Waals surface area (Å²) in [7, 11) is 0. The molecule has 3 rings (SSSR count). The van der Waals surface area contributed by atoms with E-state index < -0.39 is 5.82 Å². The average molecular weight is 327 g/mol. The maximum atomic E-state index is 14.7. The molecule has 2 aromatic rings. The Kier molecular flexibility index (Phi) is 4.79. The van der Waals surface area contributed by atoms with Gasteiger partial charge in [0.15, 0.2) is 11.5 Å². The third-order valence-corrected chi connectivity index (χ3v) is 3.86. The zero-order valence-corrected chi connectivity index (χ0v) is 13.1. The predicted octanol–water partition coefficient (Wildman–Crippen LogP) is 3.53. The van der Waals surface area contributed by atoms with Crippen molar-refractivity contribution < 1.29 is 18.7 Å². The first-order chi connectivity index (χ1) is 11.7. The van der Waals surface area contributed by atoms with E-state index >= 15 is 0 Å². The summed E-state index contributed by atoms with van der Waals surface area (Å²) < 4.78 is 25.7. The van der Waals surface area contributed by atoms with E-state index in [1.165, 1.54) is 6.08 Å². The van der Waals surface area contributed by atoms with Crippen molar-refractivity contribution in [2.75, 3.05) is 6.61 Å². The lowest BCUT2D eigenvalue weighted by molar-refractivity contribution is -0.117. The zero-order chi connectivity index (χ0) is 16.9. The molecule has 1 N–H and O–H groups in total. The third-order valence-electron chi connectivity index (χ3n) is 3.86. The van der Waals surface area contributed by atoms with Crippen LogP contribution in [0.3, 0.4) is 0 Å². The molecule has 0 aromatic heterocycles. The number of carbonyl (C=O) groups excluding carboxylic acids is 1. The summed E-state index contributed by atoms with van der Waals surface area (Å²) in [5, 5.41) is 2.78. The molecule has 0 spiro atoms. The van der Waals surface area contributed by atoms with Crippen LogP contribution >= 0.6 is 0 Å². The molecule has 1 aliphatic heterocycles. The molecule has 0 fully saturated rings. The fourth-order valence-corrected chi connectivity index (χ4v) is 2.64. The monoisotopic (exact) mass is 327 g/mol. The molecule has 5 heteroatoms. The maximum Gasteiger partial charge on any atom is 0.243 e. The predicted molar refractivity (Wildman–Crippen MR) is 88.4 cm³/mol. The number of halogens is 1. The van der Waals surface area contributed by atoms with Crippen LogP contribution in [0.25, 0.3) is 0 Å². The molecule has 1 unspecified atom stereocenters. The lowest BCUT2D eigenvalue weighted by Crippen LogP contribution is -2.31. The van der Waals surface area contributed by atoms with E-state index in [9.17, 15) is 9.18 Å². The number of hydrogen-bond donors (Lipinski definition) is 1. The Balaban J connectivity index is 1.79. The van der Waals surface area contributed by atoms with Crippen LogP contribution in [0.4, 0.5) is 4.39 Å². The second kappa shape index (κ2) is 7.17. The van der Waals surface area contributed by atoms with Crippen LogP contribution in [-0.2, 0) is 11.4 Å². The highest BCUT2D eigenvalue weighted by atomic mass is 19.1. The molecule has 0 aliphatic carbocycles. The number of rotatable bonds is 5. The maximum absolute atomic E-state index is 14.7. The summed E-state index contributed by atoms with van der Waals surface area (Å²) >= 11 is 0. The molecule has 1 heterocycles. The molecule has 1 atom stereocenters. The van der Waals surface area contributed by atoms with Crippen LogP contribution in [0.5, 0.6) is 11.5 Å². The summed E-state index contributed by atoms with van der Waals surface area (Å²) in [5.74, 6) is -0.562. The molecule has 0 bridgehead atoms. The molecule has 0 radical (unpaired) electrons. The van der Waals surface area contributed by atoms with Gasteiger partial charge in [0.1, 0.15) is 6.61 Å². The third kappa shape index (κ3) is 3.40. The molecule has 4 nitrogen and oxygen atoms in total. The largest absolute Gasteiger partial charge is 0.490 e. The minimum atomic E-state index is -0.541. The van der Waals surface area contributed by atoms with Crippen molar-refractivity contribution in [2.45, 2.75) is 19.1 Å². The van der Waals surface area contributed by atoms with Gasteiger partial charge in [-0.2, -0.15) is 4.39 Å². The van der Waals surface area contributed by atoms with Gasteiger partial charge in [-0.1, -0.05) is 36.9 Å². The van der Waals surface area contributed by atoms with Crippen LogP contribution in [0.1, 0.15) is 23.6 Å². The van der Waals surface area contributed by atoms with Gasteiger partial charge in [-0.05, 0) is 23.8 Å². The summed E-state index contributed by atoms with van der Waals surface area (Å²) in [5.41, 5.74) is 1.56. The zero-order valence-electron chi connectivity index (χ0n) is 13.1. The van der Waals surface area contributed by atoms with Gasteiger partial charge in [0.05, 0.1) is 12.6 Å². The van der Waals surface area contributed by atoms with Crippen molar-refractivity contribution in [3.8, 4) is 11.5 Å². The molecule has 24 heavy (non-hydrogen) atoms. The highest BCUT2D eigenvalue weighted by Crippen LogP contribution is 2.38. The minimum absolute atomic E-state index is 0.133. The smallest absolute Gasteiger partial charge is 0.243 e. The fourth-order valence-electron chi connectivity index (χ4n) is 2.64. The topological polar surface area (TPSA) is 47.6 Å². The van der Waals surface area contributed by atoms with Crippen molar-refractivity contribution in [1.29, 1.82) is 0 Å². The molecule has 124 valence electrons. The summed E-state index contributed by atoms with van der Waals surface area (Å²) in [6.45, 7) is 4.03. The number of hydrogen-bond acceptors (Lipinski definition) is 3. The van der Waals surface area contributed by atoms with Crippen molar-refractivity contribution >= 4 is 5.91 Å². The van der Waals surface area contributed by atoms with E-state index in [0.717, 1.165) is 5.56 Å². The van der Waals surface area contributed by atoms with E-state index in [1.54, 1.807) is 12.1 Å². The summed E-state index contributed by atoms with van der Waals surface area (Å²) in [4.78, 5) is 11.5. The molecule has 1 aliphatic rings. The van der Waals surface area contributed by atoms with Crippen LogP contribution in [0, 0.1) is 5.82 Å². The molecule has 2 aromatic carbocycles. The molecule has 0 saturated carbocycles. The number of carbonyl (C=O) groups is 1. The van der Waals surface area contributed by atoms with E-state index in [2.05, 4.69) is 11.9 Å². The van der Waals surface area contributed by atoms with Crippen LogP contribution in [0.2, 0.25) is 0 Å². The van der Waals surface area contributed by atoms with Gasteiger partial charge in [0.25, 0.3) is 0 Å². The van der Waals surface area contributed by atoms with E-state index in [1.807, 2.05) is 30.3 Å². The lowest BCUT2D eigenvalue weighted by atomic mass is 10.00. The van der Waals surface area contributed by atoms with Crippen molar-refractivity contribution in [1.82, 2.24) is 5.32 Å². The minimum Gasteiger partial charge on any atom is -0.490 e. The Hall–Kier alpha value is -2.82. The highest BCUT2D eigenvalue weighted by molar-refractivity contribution is 5.87. The Bertz CT molecular complexity index is 746. The second-order valence-corrected chi connectivity index (χ2v) is 5.47. The van der Waals surface area contributed by atoms with Crippen LogP contribution in [0.15, 0.2) is 55.1 Å². The lowest BCUT2D eigenvalue weighted by Gasteiger charge is -2.27. The standard InChI is InChI=1S/C19H18FNO3/c1-2-17(22)21-15-10-11-23-19-14(15)8-9-16(18(19)20)24-12-13-6-4-3-5-7-13/h2-9,15H,1,10-12H2,(H,21,22). The first-order valence-corrected chi connectivity index (χ1v) is 7.74. The Labute approximate surface area is 139 Å². The highest BCUT2D eigenvalue weighted by Gasteiger charge is 2.27. The summed E-state index contributed by atoms with van der Waals surface area (Å²) in [6.07, 6.45) is 1.78. The van der Waals surface area contributed by atoms with Gasteiger partial charge in [-0.15, -0.1) is 0 Å². The number of ether oxygens (including phenoxy) is 2. The number of benzene rings is 2. The first kappa shape index (κ1) is 16.1. The van der Waals surface area contributed by atoms with E-state index in [-0.39, 0.29) is 30.1 Å². The normalized spacial score (nSPS) is 15.8. The molecular weight excluding hydrogens is 309 g/mol.